The number of benzene rings is 2. The molecule has 1 fully saturated rings. The summed E-state index contributed by atoms with van der Waals surface area (Å²) in [7, 11) is 0. The summed E-state index contributed by atoms with van der Waals surface area (Å²) in [5.41, 5.74) is 15.0. The fourth-order valence-corrected chi connectivity index (χ4v) is 4.51. The van der Waals surface area contributed by atoms with E-state index >= 15 is 0 Å². The number of carbonyl (C=O) groups is 3. The summed E-state index contributed by atoms with van der Waals surface area (Å²) < 4.78 is 12.6. The van der Waals surface area contributed by atoms with E-state index in [0.717, 1.165) is 18.4 Å². The maximum atomic E-state index is 12.7. The molecule has 4 N–H and O–H groups in total. The van der Waals surface area contributed by atoms with Crippen molar-refractivity contribution in [2.45, 2.75) is 44.6 Å². The number of nitrogens with two attached hydrogens (primary N) is 2. The maximum Gasteiger partial charge on any atom is 0.323 e. The highest BCUT2D eigenvalue weighted by molar-refractivity contribution is 6.28. The number of halogens is 1. The van der Waals surface area contributed by atoms with Crippen LogP contribution < -0.4 is 11.5 Å². The number of carbonyl (C=O) groups excluding carboxylic acids is 3. The van der Waals surface area contributed by atoms with Crippen LogP contribution in [0.2, 0.25) is 5.28 Å². The highest BCUT2D eigenvalue weighted by Crippen LogP contribution is 2.39. The summed E-state index contributed by atoms with van der Waals surface area (Å²) in [6, 6.07) is 13.2. The van der Waals surface area contributed by atoms with Crippen molar-refractivity contribution in [3.63, 3.8) is 0 Å². The minimum absolute atomic E-state index is 0.0170. The lowest BCUT2D eigenvalue weighted by Crippen LogP contribution is -2.35. The number of hydrogen-bond donors (Lipinski definition) is 2. The highest BCUT2D eigenvalue weighted by atomic mass is 35.5. The van der Waals surface area contributed by atoms with Gasteiger partial charge in [0.1, 0.15) is 30.5 Å². The number of ether oxygens (including phenoxy) is 2. The second-order valence-electron chi connectivity index (χ2n) is 9.42. The van der Waals surface area contributed by atoms with Gasteiger partial charge in [0, 0.05) is 22.7 Å². The van der Waals surface area contributed by atoms with Crippen molar-refractivity contribution >= 4 is 40.5 Å². The number of fused-ring (bicyclic) bond motifs is 1. The summed E-state index contributed by atoms with van der Waals surface area (Å²) in [5.74, 6) is -1.83. The molecule has 0 radical (unpaired) electrons. The molecule has 11 nitrogen and oxygen atoms in total. The monoisotopic (exact) mass is 562 g/mol. The van der Waals surface area contributed by atoms with Crippen LogP contribution in [0.5, 0.6) is 0 Å². The lowest BCUT2D eigenvalue weighted by Gasteiger charge is -2.16. The van der Waals surface area contributed by atoms with Gasteiger partial charge in [-0.25, -0.2) is 9.97 Å². The molecular weight excluding hydrogens is 536 g/mol. The Hall–Kier alpha value is -4.19. The fraction of sp³-hybridized carbons (Fsp3) is 0.286. The van der Waals surface area contributed by atoms with Crippen LogP contribution in [0, 0.1) is 0 Å². The van der Waals surface area contributed by atoms with Gasteiger partial charge in [0.2, 0.25) is 5.28 Å². The lowest BCUT2D eigenvalue weighted by molar-refractivity contribution is -0.153. The Balaban J connectivity index is 1.36. The predicted octanol–water partition coefficient (Wildman–Crippen LogP) is 3.13. The number of esters is 2. The van der Waals surface area contributed by atoms with Gasteiger partial charge >= 0.3 is 11.9 Å². The summed E-state index contributed by atoms with van der Waals surface area (Å²) in [4.78, 5) is 51.0. The standard InChI is InChI=1S/C28H27ClN6O5/c29-28-33-24(25-26(34-28)35(15-32-25)17-9-10-17)19-8-4-7-18(22(36)12-30)20(19)14-39-23(37)11-21(31)27(38)40-13-16-5-2-1-3-6-16/h1-8,15,17,21H,9-14,30-31H2. The number of nitrogens with zero attached hydrogens (tertiary/aromatic N) is 4. The third-order valence-corrected chi connectivity index (χ3v) is 6.71. The topological polar surface area (TPSA) is 165 Å². The molecule has 0 spiro atoms. The van der Waals surface area contributed by atoms with Crippen LogP contribution >= 0.6 is 11.6 Å². The van der Waals surface area contributed by atoms with Crippen molar-refractivity contribution in [1.82, 2.24) is 19.5 Å². The summed E-state index contributed by atoms with van der Waals surface area (Å²) >= 11 is 6.30. The molecule has 0 bridgehead atoms. The molecule has 1 aliphatic carbocycles. The van der Waals surface area contributed by atoms with Crippen LogP contribution in [0.1, 0.15) is 46.8 Å². The first-order valence-corrected chi connectivity index (χ1v) is 13.1. The zero-order valence-corrected chi connectivity index (χ0v) is 22.2. The van der Waals surface area contributed by atoms with E-state index in [-0.39, 0.29) is 36.4 Å². The van der Waals surface area contributed by atoms with Crippen LogP contribution in [-0.2, 0) is 32.3 Å². The number of Topliss-reactive ketones (excluding diaryl/α,β-unsaturated/α-hetero) is 1. The Labute approximate surface area is 234 Å². The smallest absolute Gasteiger partial charge is 0.323 e. The molecule has 0 aliphatic heterocycles. The van der Waals surface area contributed by atoms with Crippen LogP contribution in [0.4, 0.5) is 0 Å². The van der Waals surface area contributed by atoms with Crippen LogP contribution in [0.15, 0.2) is 54.9 Å². The third-order valence-electron chi connectivity index (χ3n) is 6.54. The molecule has 206 valence electrons. The molecule has 0 amide bonds. The van der Waals surface area contributed by atoms with Gasteiger partial charge in [-0.2, -0.15) is 4.98 Å². The first-order valence-electron chi connectivity index (χ1n) is 12.7. The van der Waals surface area contributed by atoms with Crippen LogP contribution in [0.3, 0.4) is 0 Å². The van der Waals surface area contributed by atoms with Crippen molar-refractivity contribution in [2.75, 3.05) is 6.54 Å². The Bertz CT molecular complexity index is 1570. The number of imidazole rings is 1. The molecule has 40 heavy (non-hydrogen) atoms. The van der Waals surface area contributed by atoms with Crippen molar-refractivity contribution in [3.05, 3.63) is 76.8 Å². The van der Waals surface area contributed by atoms with E-state index in [1.54, 1.807) is 36.7 Å². The Morgan fingerprint density at radius 3 is 2.52 bits per heavy atom. The normalized spacial score (nSPS) is 13.7. The van der Waals surface area contributed by atoms with Gasteiger partial charge in [0.05, 0.1) is 19.3 Å². The van der Waals surface area contributed by atoms with E-state index in [9.17, 15) is 14.4 Å². The first kappa shape index (κ1) is 27.4. The van der Waals surface area contributed by atoms with Crippen molar-refractivity contribution < 1.29 is 23.9 Å². The number of ketones is 1. The zero-order valence-electron chi connectivity index (χ0n) is 21.5. The average molecular weight is 563 g/mol. The van der Waals surface area contributed by atoms with Crippen LogP contribution in [0.25, 0.3) is 22.4 Å². The second-order valence-corrected chi connectivity index (χ2v) is 9.76. The van der Waals surface area contributed by atoms with Gasteiger partial charge in [-0.05, 0) is 30.0 Å². The average Bonchev–Trinajstić information content (AvgIpc) is 3.73. The SMILES string of the molecule is NCC(=O)c1cccc(-c2nc(Cl)nc3c2ncn3C2CC2)c1COC(=O)CC(N)C(=O)OCc1ccccc1. The number of hydrogen-bond acceptors (Lipinski definition) is 10. The van der Waals surface area contributed by atoms with E-state index in [2.05, 4.69) is 15.0 Å². The maximum absolute atomic E-state index is 12.7. The van der Waals surface area contributed by atoms with E-state index < -0.39 is 24.4 Å². The van der Waals surface area contributed by atoms with Gasteiger partial charge in [-0.1, -0.05) is 48.5 Å². The predicted molar refractivity (Wildman–Crippen MR) is 146 cm³/mol. The Morgan fingerprint density at radius 2 is 1.80 bits per heavy atom. The molecule has 4 aromatic rings. The minimum atomic E-state index is -1.22. The molecule has 12 heteroatoms. The lowest BCUT2D eigenvalue weighted by atomic mass is 9.96. The van der Waals surface area contributed by atoms with Gasteiger partial charge in [0.15, 0.2) is 11.4 Å². The van der Waals surface area contributed by atoms with Gasteiger partial charge in [-0.15, -0.1) is 0 Å². The van der Waals surface area contributed by atoms with E-state index in [1.165, 1.54) is 0 Å². The zero-order chi connectivity index (χ0) is 28.2. The largest absolute Gasteiger partial charge is 0.461 e. The molecule has 1 aliphatic rings. The van der Waals surface area contributed by atoms with E-state index in [4.69, 9.17) is 32.5 Å². The summed E-state index contributed by atoms with van der Waals surface area (Å²) in [6.45, 7) is -0.514. The quantitative estimate of drug-likeness (QED) is 0.157. The van der Waals surface area contributed by atoms with E-state index in [1.807, 2.05) is 22.8 Å². The summed E-state index contributed by atoms with van der Waals surface area (Å²) in [5, 5.41) is 0.0170. The van der Waals surface area contributed by atoms with Crippen LogP contribution in [-0.4, -0.2) is 49.8 Å². The highest BCUT2D eigenvalue weighted by Gasteiger charge is 2.28. The Kier molecular flexibility index (Phi) is 8.15. The molecule has 1 saturated carbocycles. The van der Waals surface area contributed by atoms with Crippen molar-refractivity contribution in [2.24, 2.45) is 11.5 Å². The van der Waals surface area contributed by atoms with Gasteiger partial charge in [0.25, 0.3) is 0 Å². The third kappa shape index (κ3) is 6.01. The van der Waals surface area contributed by atoms with Crippen molar-refractivity contribution in [3.8, 4) is 11.3 Å². The molecule has 1 unspecified atom stereocenters. The molecule has 2 heterocycles. The molecular formula is C28H27ClN6O5. The molecule has 1 atom stereocenters. The molecule has 0 saturated heterocycles. The Morgan fingerprint density at radius 1 is 1.02 bits per heavy atom. The van der Waals surface area contributed by atoms with E-state index in [0.29, 0.717) is 34.0 Å². The molecule has 2 aromatic carbocycles. The van der Waals surface area contributed by atoms with Gasteiger partial charge < -0.3 is 25.5 Å². The fourth-order valence-electron chi connectivity index (χ4n) is 4.34. The number of aromatic nitrogens is 4. The van der Waals surface area contributed by atoms with Gasteiger partial charge in [-0.3, -0.25) is 14.4 Å². The first-order chi connectivity index (χ1) is 19.4. The van der Waals surface area contributed by atoms with Crippen molar-refractivity contribution in [1.29, 1.82) is 0 Å². The molecule has 2 aromatic heterocycles. The minimum Gasteiger partial charge on any atom is -0.461 e. The molecule has 5 rings (SSSR count). The number of rotatable bonds is 11. The second kappa shape index (κ2) is 11.9. The summed E-state index contributed by atoms with van der Waals surface area (Å²) in [6.07, 6.45) is 3.33.